The predicted molar refractivity (Wildman–Crippen MR) is 95.8 cm³/mol. The number of oxazole rings is 1. The maximum Gasteiger partial charge on any atom is 0.277 e. The third-order valence-corrected chi connectivity index (χ3v) is 4.28. The van der Waals surface area contributed by atoms with E-state index in [0.717, 1.165) is 16.8 Å². The van der Waals surface area contributed by atoms with E-state index >= 15 is 0 Å². The molecule has 0 atom stereocenters. The smallest absolute Gasteiger partial charge is 0.277 e. The van der Waals surface area contributed by atoms with Crippen LogP contribution < -0.4 is 5.32 Å². The lowest BCUT2D eigenvalue weighted by atomic mass is 10.1. The Labute approximate surface area is 149 Å². The Hall–Kier alpha value is -2.30. The number of carbonyl (C=O) groups is 1. The van der Waals surface area contributed by atoms with E-state index in [1.54, 1.807) is 18.2 Å². The van der Waals surface area contributed by atoms with Crippen LogP contribution in [0, 0.1) is 13.8 Å². The molecule has 1 heterocycles. The normalized spacial score (nSPS) is 10.7. The average molecular weight is 361 g/mol. The van der Waals surface area contributed by atoms with E-state index < -0.39 is 0 Å². The highest BCUT2D eigenvalue weighted by Crippen LogP contribution is 2.28. The van der Waals surface area contributed by atoms with Crippen molar-refractivity contribution in [1.82, 2.24) is 4.98 Å². The number of amides is 1. The summed E-state index contributed by atoms with van der Waals surface area (Å²) in [6, 6.07) is 10.9. The Morgan fingerprint density at radius 3 is 2.62 bits per heavy atom. The lowest BCUT2D eigenvalue weighted by molar-refractivity contribution is 0.102. The molecule has 1 amide bonds. The topological polar surface area (TPSA) is 55.1 Å². The highest BCUT2D eigenvalue weighted by molar-refractivity contribution is 6.42. The maximum atomic E-state index is 12.4. The van der Waals surface area contributed by atoms with E-state index in [1.165, 1.54) is 6.26 Å². The highest BCUT2D eigenvalue weighted by Gasteiger charge is 2.15. The van der Waals surface area contributed by atoms with Crippen molar-refractivity contribution in [3.8, 4) is 11.5 Å². The zero-order chi connectivity index (χ0) is 17.3. The second-order valence-electron chi connectivity index (χ2n) is 5.44. The first kappa shape index (κ1) is 16.6. The SMILES string of the molecule is Cc1ccc(C)c(NC(=O)c2coc(-c3ccc(Cl)c(Cl)c3)n2)c1. The Morgan fingerprint density at radius 2 is 1.88 bits per heavy atom. The van der Waals surface area contributed by atoms with Crippen molar-refractivity contribution in [3.05, 3.63) is 69.5 Å². The van der Waals surface area contributed by atoms with Gasteiger partial charge in [-0.1, -0.05) is 35.3 Å². The molecule has 3 aromatic rings. The molecule has 0 unspecified atom stereocenters. The number of carbonyl (C=O) groups excluding carboxylic acids is 1. The van der Waals surface area contributed by atoms with Gasteiger partial charge in [-0.2, -0.15) is 0 Å². The number of nitrogens with one attached hydrogen (secondary N) is 1. The molecule has 6 heteroatoms. The number of nitrogens with zero attached hydrogens (tertiary/aromatic N) is 1. The summed E-state index contributed by atoms with van der Waals surface area (Å²) in [6.07, 6.45) is 1.32. The molecular weight excluding hydrogens is 347 g/mol. The number of aryl methyl sites for hydroxylation is 2. The number of aromatic nitrogens is 1. The number of anilines is 1. The Kier molecular flexibility index (Phi) is 4.60. The van der Waals surface area contributed by atoms with Crippen LogP contribution in [0.5, 0.6) is 0 Å². The predicted octanol–water partition coefficient (Wildman–Crippen LogP) is 5.52. The molecule has 0 aliphatic rings. The van der Waals surface area contributed by atoms with Crippen molar-refractivity contribution < 1.29 is 9.21 Å². The third kappa shape index (κ3) is 3.45. The van der Waals surface area contributed by atoms with Crippen LogP contribution in [0.3, 0.4) is 0 Å². The van der Waals surface area contributed by atoms with Crippen molar-refractivity contribution >= 4 is 34.8 Å². The molecule has 0 aliphatic carbocycles. The Bertz CT molecular complexity index is 919. The molecule has 0 saturated carbocycles. The number of hydrogen-bond donors (Lipinski definition) is 1. The van der Waals surface area contributed by atoms with Crippen LogP contribution in [0.2, 0.25) is 10.0 Å². The van der Waals surface area contributed by atoms with Gasteiger partial charge in [-0.25, -0.2) is 4.98 Å². The Balaban J connectivity index is 1.83. The fraction of sp³-hybridized carbons (Fsp3) is 0.111. The van der Waals surface area contributed by atoms with E-state index in [2.05, 4.69) is 10.3 Å². The average Bonchev–Trinajstić information content (AvgIpc) is 3.03. The minimum atomic E-state index is -0.334. The zero-order valence-electron chi connectivity index (χ0n) is 13.1. The summed E-state index contributed by atoms with van der Waals surface area (Å²) in [7, 11) is 0. The molecule has 2 aromatic carbocycles. The number of hydrogen-bond acceptors (Lipinski definition) is 3. The van der Waals surface area contributed by atoms with Crippen LogP contribution in [-0.2, 0) is 0 Å². The first-order valence-corrected chi connectivity index (χ1v) is 7.99. The van der Waals surface area contributed by atoms with Gasteiger partial charge in [0.15, 0.2) is 5.69 Å². The van der Waals surface area contributed by atoms with Gasteiger partial charge in [0.05, 0.1) is 10.0 Å². The van der Waals surface area contributed by atoms with Crippen molar-refractivity contribution in [3.63, 3.8) is 0 Å². The lowest BCUT2D eigenvalue weighted by Gasteiger charge is -2.07. The number of halogens is 2. The fourth-order valence-corrected chi connectivity index (χ4v) is 2.49. The molecule has 0 saturated heterocycles. The van der Waals surface area contributed by atoms with Crippen LogP contribution in [0.1, 0.15) is 21.6 Å². The van der Waals surface area contributed by atoms with Crippen LogP contribution in [0.15, 0.2) is 47.1 Å². The van der Waals surface area contributed by atoms with Crippen molar-refractivity contribution in [2.75, 3.05) is 5.32 Å². The van der Waals surface area contributed by atoms with E-state index in [9.17, 15) is 4.79 Å². The van der Waals surface area contributed by atoms with E-state index in [-0.39, 0.29) is 11.6 Å². The molecule has 4 nitrogen and oxygen atoms in total. The van der Waals surface area contributed by atoms with Gasteiger partial charge in [-0.3, -0.25) is 4.79 Å². The van der Waals surface area contributed by atoms with Gasteiger partial charge in [0.2, 0.25) is 5.89 Å². The van der Waals surface area contributed by atoms with Crippen LogP contribution in [0.4, 0.5) is 5.69 Å². The van der Waals surface area contributed by atoms with Gasteiger partial charge in [0, 0.05) is 11.3 Å². The fourth-order valence-electron chi connectivity index (χ4n) is 2.20. The summed E-state index contributed by atoms with van der Waals surface area (Å²) >= 11 is 11.9. The molecule has 122 valence electrons. The summed E-state index contributed by atoms with van der Waals surface area (Å²) in [5.74, 6) is -0.0292. The maximum absolute atomic E-state index is 12.4. The minimum Gasteiger partial charge on any atom is -0.444 e. The lowest BCUT2D eigenvalue weighted by Crippen LogP contribution is -2.13. The second-order valence-corrected chi connectivity index (χ2v) is 6.25. The van der Waals surface area contributed by atoms with Crippen LogP contribution in [0.25, 0.3) is 11.5 Å². The number of benzene rings is 2. The molecule has 0 aliphatic heterocycles. The van der Waals surface area contributed by atoms with Gasteiger partial charge in [-0.15, -0.1) is 0 Å². The van der Waals surface area contributed by atoms with Gasteiger partial charge in [0.25, 0.3) is 5.91 Å². The molecule has 24 heavy (non-hydrogen) atoms. The monoisotopic (exact) mass is 360 g/mol. The van der Waals surface area contributed by atoms with Crippen LogP contribution in [-0.4, -0.2) is 10.9 Å². The molecule has 1 aromatic heterocycles. The first-order valence-electron chi connectivity index (χ1n) is 7.23. The second kappa shape index (κ2) is 6.67. The van der Waals surface area contributed by atoms with Gasteiger partial charge in [-0.05, 0) is 49.2 Å². The molecule has 1 N–H and O–H groups in total. The van der Waals surface area contributed by atoms with E-state index in [4.69, 9.17) is 27.6 Å². The number of rotatable bonds is 3. The molecule has 0 bridgehead atoms. The molecule has 0 fully saturated rings. The van der Waals surface area contributed by atoms with Crippen molar-refractivity contribution in [2.24, 2.45) is 0 Å². The highest BCUT2D eigenvalue weighted by atomic mass is 35.5. The van der Waals surface area contributed by atoms with Gasteiger partial charge < -0.3 is 9.73 Å². The van der Waals surface area contributed by atoms with E-state index in [0.29, 0.717) is 21.5 Å². The third-order valence-electron chi connectivity index (χ3n) is 3.54. The summed E-state index contributed by atoms with van der Waals surface area (Å²) in [4.78, 5) is 16.6. The molecule has 3 rings (SSSR count). The summed E-state index contributed by atoms with van der Waals surface area (Å²) in [5, 5.41) is 3.69. The Morgan fingerprint density at radius 1 is 1.08 bits per heavy atom. The molecular formula is C18H14Cl2N2O2. The standard InChI is InChI=1S/C18H14Cl2N2O2/c1-10-3-4-11(2)15(7-10)21-17(23)16-9-24-18(22-16)12-5-6-13(19)14(20)8-12/h3-9H,1-2H3,(H,21,23). The quantitative estimate of drug-likeness (QED) is 0.669. The minimum absolute atomic E-state index is 0.192. The largest absolute Gasteiger partial charge is 0.444 e. The van der Waals surface area contributed by atoms with E-state index in [1.807, 2.05) is 32.0 Å². The molecule has 0 radical (unpaired) electrons. The molecule has 0 spiro atoms. The first-order chi connectivity index (χ1) is 11.4. The van der Waals surface area contributed by atoms with Crippen LogP contribution >= 0.6 is 23.2 Å². The summed E-state index contributed by atoms with van der Waals surface area (Å²) < 4.78 is 5.38. The van der Waals surface area contributed by atoms with Crippen molar-refractivity contribution in [1.29, 1.82) is 0 Å². The summed E-state index contributed by atoms with van der Waals surface area (Å²) in [6.45, 7) is 3.90. The summed E-state index contributed by atoms with van der Waals surface area (Å²) in [5.41, 5.74) is 3.63. The van der Waals surface area contributed by atoms with Gasteiger partial charge >= 0.3 is 0 Å². The zero-order valence-corrected chi connectivity index (χ0v) is 14.6. The van der Waals surface area contributed by atoms with Gasteiger partial charge in [0.1, 0.15) is 6.26 Å². The van der Waals surface area contributed by atoms with Crippen molar-refractivity contribution in [2.45, 2.75) is 13.8 Å².